The van der Waals surface area contributed by atoms with Gasteiger partial charge in [0.1, 0.15) is 5.75 Å². The first-order valence-electron chi connectivity index (χ1n) is 8.59. The SMILES string of the molecule is CNCc1cc(C2(c3ccc(OC(F)F)c(C)c3)N=C(N)N(C)C2=O)ccn1. The summed E-state index contributed by atoms with van der Waals surface area (Å²) in [7, 11) is 3.33. The van der Waals surface area contributed by atoms with Gasteiger partial charge in [-0.1, -0.05) is 6.07 Å². The molecular weight excluding hydrogens is 368 g/mol. The molecule has 1 aromatic carbocycles. The van der Waals surface area contributed by atoms with E-state index in [1.165, 1.54) is 11.0 Å². The molecule has 2 heterocycles. The molecule has 2 aromatic rings. The van der Waals surface area contributed by atoms with Crippen molar-refractivity contribution in [3.63, 3.8) is 0 Å². The van der Waals surface area contributed by atoms with Crippen molar-refractivity contribution in [2.24, 2.45) is 10.7 Å². The highest BCUT2D eigenvalue weighted by molar-refractivity contribution is 6.08. The molecule has 3 N–H and O–H groups in total. The van der Waals surface area contributed by atoms with Crippen LogP contribution >= 0.6 is 0 Å². The molecule has 7 nitrogen and oxygen atoms in total. The molecule has 1 unspecified atom stereocenters. The number of benzene rings is 1. The summed E-state index contributed by atoms with van der Waals surface area (Å²) in [5, 5.41) is 3.01. The highest BCUT2D eigenvalue weighted by atomic mass is 19.3. The summed E-state index contributed by atoms with van der Waals surface area (Å²) in [5.74, 6) is -0.230. The fraction of sp³-hybridized carbons (Fsp3) is 0.316. The third kappa shape index (κ3) is 3.29. The van der Waals surface area contributed by atoms with E-state index in [0.717, 1.165) is 5.69 Å². The maximum Gasteiger partial charge on any atom is 0.387 e. The van der Waals surface area contributed by atoms with E-state index in [-0.39, 0.29) is 17.6 Å². The highest BCUT2D eigenvalue weighted by Crippen LogP contribution is 2.40. The summed E-state index contributed by atoms with van der Waals surface area (Å²) in [5.41, 5.74) is 6.81. The molecule has 0 aliphatic carbocycles. The predicted molar refractivity (Wildman–Crippen MR) is 100.0 cm³/mol. The maximum atomic E-state index is 13.2. The van der Waals surface area contributed by atoms with Gasteiger partial charge < -0.3 is 15.8 Å². The van der Waals surface area contributed by atoms with Gasteiger partial charge in [-0.15, -0.1) is 0 Å². The summed E-state index contributed by atoms with van der Waals surface area (Å²) >= 11 is 0. The number of aryl methyl sites for hydroxylation is 1. The predicted octanol–water partition coefficient (Wildman–Crippen LogP) is 1.74. The summed E-state index contributed by atoms with van der Waals surface area (Å²) in [4.78, 5) is 23.3. The van der Waals surface area contributed by atoms with Gasteiger partial charge in [0.15, 0.2) is 11.5 Å². The number of aromatic nitrogens is 1. The third-order valence-corrected chi connectivity index (χ3v) is 4.64. The lowest BCUT2D eigenvalue weighted by atomic mass is 9.82. The van der Waals surface area contributed by atoms with E-state index in [2.05, 4.69) is 20.0 Å². The van der Waals surface area contributed by atoms with E-state index < -0.39 is 12.2 Å². The summed E-state index contributed by atoms with van der Waals surface area (Å²) in [6, 6.07) is 8.06. The highest BCUT2D eigenvalue weighted by Gasteiger charge is 2.49. The van der Waals surface area contributed by atoms with Crippen molar-refractivity contribution in [3.05, 3.63) is 58.9 Å². The van der Waals surface area contributed by atoms with Crippen molar-refractivity contribution >= 4 is 11.9 Å². The number of nitrogens with one attached hydrogen (secondary N) is 1. The van der Waals surface area contributed by atoms with Gasteiger partial charge in [0.05, 0.1) is 5.69 Å². The zero-order valence-corrected chi connectivity index (χ0v) is 15.7. The van der Waals surface area contributed by atoms with Crippen molar-refractivity contribution < 1.29 is 18.3 Å². The number of hydrogen-bond acceptors (Lipinski definition) is 6. The minimum Gasteiger partial charge on any atom is -0.435 e. The number of hydrogen-bond donors (Lipinski definition) is 2. The van der Waals surface area contributed by atoms with Crippen LogP contribution < -0.4 is 15.8 Å². The number of nitrogens with two attached hydrogens (primary N) is 1. The molecule has 1 atom stereocenters. The fourth-order valence-electron chi connectivity index (χ4n) is 3.27. The van der Waals surface area contributed by atoms with E-state index in [1.807, 2.05) is 0 Å². The Hall–Kier alpha value is -3.07. The van der Waals surface area contributed by atoms with Crippen LogP contribution in [0.2, 0.25) is 0 Å². The van der Waals surface area contributed by atoms with Crippen LogP contribution in [0.4, 0.5) is 8.78 Å². The van der Waals surface area contributed by atoms with Crippen molar-refractivity contribution in [2.45, 2.75) is 25.6 Å². The number of carbonyl (C=O) groups excluding carboxylic acids is 1. The number of pyridine rings is 1. The molecule has 0 bridgehead atoms. The van der Waals surface area contributed by atoms with Crippen LogP contribution in [-0.4, -0.2) is 42.5 Å². The van der Waals surface area contributed by atoms with Gasteiger partial charge in [-0.05, 0) is 54.9 Å². The average molecular weight is 389 g/mol. The van der Waals surface area contributed by atoms with Crippen molar-refractivity contribution in [1.29, 1.82) is 0 Å². The van der Waals surface area contributed by atoms with Gasteiger partial charge in [0.25, 0.3) is 5.91 Å². The standard InChI is InChI=1S/C19H21F2N5O2/c1-11-8-12(4-5-15(11)28-17(20)21)19(16(27)26(3)18(22)25-19)13-6-7-24-14(9-13)10-23-2/h4-9,17,23H,10H2,1-3H3,(H2,22,25). The van der Waals surface area contributed by atoms with Crippen LogP contribution in [0.15, 0.2) is 41.5 Å². The number of halogens is 2. The Labute approximate surface area is 161 Å². The normalized spacial score (nSPS) is 19.3. The minimum absolute atomic E-state index is 0.0373. The van der Waals surface area contributed by atoms with E-state index in [0.29, 0.717) is 23.2 Å². The molecule has 0 radical (unpaired) electrons. The molecule has 1 aliphatic heterocycles. The first-order valence-corrected chi connectivity index (χ1v) is 8.59. The van der Waals surface area contributed by atoms with Crippen LogP contribution in [0, 0.1) is 6.92 Å². The molecule has 1 aromatic heterocycles. The Morgan fingerprint density at radius 3 is 2.57 bits per heavy atom. The van der Waals surface area contributed by atoms with Crippen LogP contribution in [-0.2, 0) is 16.9 Å². The lowest BCUT2D eigenvalue weighted by Crippen LogP contribution is -2.41. The first kappa shape index (κ1) is 19.7. The number of aliphatic imine (C=N–C) groups is 1. The summed E-state index contributed by atoms with van der Waals surface area (Å²) < 4.78 is 29.7. The molecule has 1 aliphatic rings. The number of nitrogens with zero attached hydrogens (tertiary/aromatic N) is 3. The molecule has 3 rings (SSSR count). The second-order valence-electron chi connectivity index (χ2n) is 6.47. The van der Waals surface area contributed by atoms with E-state index in [4.69, 9.17) is 5.73 Å². The third-order valence-electron chi connectivity index (χ3n) is 4.64. The van der Waals surface area contributed by atoms with Gasteiger partial charge in [0.2, 0.25) is 0 Å². The number of ether oxygens (including phenoxy) is 1. The zero-order valence-electron chi connectivity index (χ0n) is 15.7. The second-order valence-corrected chi connectivity index (χ2v) is 6.47. The van der Waals surface area contributed by atoms with Gasteiger partial charge in [-0.3, -0.25) is 14.7 Å². The Balaban J connectivity index is 2.18. The second kappa shape index (κ2) is 7.51. The fourth-order valence-corrected chi connectivity index (χ4v) is 3.27. The number of alkyl halides is 2. The van der Waals surface area contributed by atoms with Gasteiger partial charge in [0, 0.05) is 19.8 Å². The minimum atomic E-state index is -2.93. The lowest BCUT2D eigenvalue weighted by molar-refractivity contribution is -0.129. The molecule has 1 amide bonds. The molecule has 28 heavy (non-hydrogen) atoms. The quantitative estimate of drug-likeness (QED) is 0.785. The molecule has 0 fully saturated rings. The zero-order chi connectivity index (χ0) is 20.5. The largest absolute Gasteiger partial charge is 0.435 e. The van der Waals surface area contributed by atoms with Gasteiger partial charge in [-0.25, -0.2) is 4.99 Å². The lowest BCUT2D eigenvalue weighted by Gasteiger charge is -2.27. The Morgan fingerprint density at radius 2 is 2.00 bits per heavy atom. The van der Waals surface area contributed by atoms with Crippen molar-refractivity contribution in [2.75, 3.05) is 14.1 Å². The monoisotopic (exact) mass is 389 g/mol. The topological polar surface area (TPSA) is 92.8 Å². The van der Waals surface area contributed by atoms with Crippen LogP contribution in [0.5, 0.6) is 5.75 Å². The summed E-state index contributed by atoms with van der Waals surface area (Å²) in [6.45, 7) is -0.798. The van der Waals surface area contributed by atoms with Gasteiger partial charge >= 0.3 is 6.61 Å². The van der Waals surface area contributed by atoms with Crippen LogP contribution in [0.1, 0.15) is 22.4 Å². The molecular formula is C19H21F2N5O2. The number of rotatable bonds is 6. The molecule has 0 spiro atoms. The molecule has 148 valence electrons. The Morgan fingerprint density at radius 1 is 1.29 bits per heavy atom. The number of guanidine groups is 1. The van der Waals surface area contributed by atoms with Crippen LogP contribution in [0.25, 0.3) is 0 Å². The number of carbonyl (C=O) groups is 1. The number of likely N-dealkylation sites (N-methyl/N-ethyl adjacent to an activating group) is 1. The molecule has 0 saturated carbocycles. The first-order chi connectivity index (χ1) is 13.3. The van der Waals surface area contributed by atoms with E-state index >= 15 is 0 Å². The number of amides is 1. The average Bonchev–Trinajstić information content (AvgIpc) is 2.88. The smallest absolute Gasteiger partial charge is 0.387 e. The molecule has 9 heteroatoms. The molecule has 0 saturated heterocycles. The Bertz CT molecular complexity index is 934. The van der Waals surface area contributed by atoms with Crippen LogP contribution in [0.3, 0.4) is 0 Å². The maximum absolute atomic E-state index is 13.2. The van der Waals surface area contributed by atoms with Crippen molar-refractivity contribution in [3.8, 4) is 5.75 Å². The van der Waals surface area contributed by atoms with Gasteiger partial charge in [-0.2, -0.15) is 8.78 Å². The summed E-state index contributed by atoms with van der Waals surface area (Å²) in [6.07, 6.45) is 1.60. The van der Waals surface area contributed by atoms with E-state index in [1.54, 1.807) is 51.5 Å². The van der Waals surface area contributed by atoms with E-state index in [9.17, 15) is 13.6 Å². The Kier molecular flexibility index (Phi) is 5.28. The van der Waals surface area contributed by atoms with Crippen molar-refractivity contribution in [1.82, 2.24) is 15.2 Å².